The number of nitrogens with one attached hydrogen (secondary N) is 1. The molecule has 22 heavy (non-hydrogen) atoms. The first-order valence-corrected chi connectivity index (χ1v) is 9.00. The van der Waals surface area contributed by atoms with Crippen molar-refractivity contribution in [1.82, 2.24) is 5.32 Å². The van der Waals surface area contributed by atoms with E-state index in [2.05, 4.69) is 5.32 Å². The molecule has 0 heterocycles. The molecule has 1 N–H and O–H groups in total. The van der Waals surface area contributed by atoms with Gasteiger partial charge in [-0.05, 0) is 50.5 Å². The summed E-state index contributed by atoms with van der Waals surface area (Å²) >= 11 is 0. The van der Waals surface area contributed by atoms with Crippen molar-refractivity contribution in [2.24, 2.45) is 0 Å². The maximum absolute atomic E-state index is 12.7. The maximum Gasteiger partial charge on any atom is 0.238 e. The fourth-order valence-electron chi connectivity index (χ4n) is 1.87. The highest BCUT2D eigenvalue weighted by molar-refractivity contribution is 7.92. The summed E-state index contributed by atoms with van der Waals surface area (Å²) in [6.07, 6.45) is 2.12. The van der Waals surface area contributed by atoms with Gasteiger partial charge >= 0.3 is 0 Å². The lowest BCUT2D eigenvalue weighted by molar-refractivity contribution is -0.120. The molecule has 1 aliphatic carbocycles. The lowest BCUT2D eigenvalue weighted by Gasteiger charge is -2.13. The topological polar surface area (TPSA) is 72.5 Å². The van der Waals surface area contributed by atoms with Crippen LogP contribution in [0.4, 0.5) is 4.39 Å². The van der Waals surface area contributed by atoms with Gasteiger partial charge in [-0.1, -0.05) is 0 Å². The molecule has 5 nitrogen and oxygen atoms in total. The Morgan fingerprint density at radius 3 is 2.59 bits per heavy atom. The Bertz CT molecular complexity index is 611. The number of carbonyl (C=O) groups is 1. The zero-order valence-electron chi connectivity index (χ0n) is 12.4. The molecule has 1 saturated carbocycles. The van der Waals surface area contributed by atoms with Crippen LogP contribution in [0.15, 0.2) is 24.3 Å². The van der Waals surface area contributed by atoms with Crippen molar-refractivity contribution < 1.29 is 22.3 Å². The van der Waals surface area contributed by atoms with E-state index < -0.39 is 21.0 Å². The number of hydrogen-bond donors (Lipinski definition) is 1. The average molecular weight is 329 g/mol. The highest BCUT2D eigenvalue weighted by Gasteiger charge is 2.31. The highest BCUT2D eigenvalue weighted by atomic mass is 32.2. The minimum Gasteiger partial charge on any atom is -0.494 e. The van der Waals surface area contributed by atoms with Crippen molar-refractivity contribution in [2.45, 2.75) is 37.5 Å². The van der Waals surface area contributed by atoms with Gasteiger partial charge in [-0.2, -0.15) is 0 Å². The van der Waals surface area contributed by atoms with Gasteiger partial charge < -0.3 is 10.1 Å². The molecule has 7 heteroatoms. The zero-order valence-corrected chi connectivity index (χ0v) is 13.2. The minimum atomic E-state index is -3.49. The van der Waals surface area contributed by atoms with E-state index in [0.29, 0.717) is 5.75 Å². The minimum absolute atomic E-state index is 0.118. The van der Waals surface area contributed by atoms with Gasteiger partial charge in [-0.15, -0.1) is 0 Å². The molecule has 1 fully saturated rings. The quantitative estimate of drug-likeness (QED) is 0.737. The number of halogens is 1. The fourth-order valence-corrected chi connectivity index (χ4v) is 3.14. The fraction of sp³-hybridized carbons (Fsp3) is 0.533. The Morgan fingerprint density at radius 2 is 2.00 bits per heavy atom. The second-order valence-electron chi connectivity index (χ2n) is 5.45. The lowest BCUT2D eigenvalue weighted by Crippen LogP contribution is -2.40. The Hall–Kier alpha value is -1.63. The van der Waals surface area contributed by atoms with Crippen LogP contribution in [0.25, 0.3) is 0 Å². The highest BCUT2D eigenvalue weighted by Crippen LogP contribution is 2.19. The predicted molar refractivity (Wildman–Crippen MR) is 80.9 cm³/mol. The average Bonchev–Trinajstić information content (AvgIpc) is 3.28. The monoisotopic (exact) mass is 329 g/mol. The number of hydrogen-bond acceptors (Lipinski definition) is 4. The van der Waals surface area contributed by atoms with Crippen LogP contribution in [0.1, 0.15) is 26.2 Å². The molecule has 0 saturated heterocycles. The van der Waals surface area contributed by atoms with Crippen LogP contribution >= 0.6 is 0 Å². The summed E-state index contributed by atoms with van der Waals surface area (Å²) in [5.74, 6) is -0.418. The second-order valence-corrected chi connectivity index (χ2v) is 7.89. The van der Waals surface area contributed by atoms with Crippen molar-refractivity contribution in [3.63, 3.8) is 0 Å². The lowest BCUT2D eigenvalue weighted by atomic mass is 10.3. The van der Waals surface area contributed by atoms with Crippen LogP contribution in [0.5, 0.6) is 5.75 Å². The number of sulfone groups is 1. The van der Waals surface area contributed by atoms with E-state index in [0.717, 1.165) is 12.8 Å². The van der Waals surface area contributed by atoms with Gasteiger partial charge in [0.2, 0.25) is 5.91 Å². The van der Waals surface area contributed by atoms with Crippen LogP contribution < -0.4 is 10.1 Å². The van der Waals surface area contributed by atoms with E-state index in [1.165, 1.54) is 31.2 Å². The van der Waals surface area contributed by atoms with Gasteiger partial charge in [0.25, 0.3) is 0 Å². The molecule has 0 unspecified atom stereocenters. The Morgan fingerprint density at radius 1 is 1.36 bits per heavy atom. The van der Waals surface area contributed by atoms with Crippen LogP contribution in [0.2, 0.25) is 0 Å². The summed E-state index contributed by atoms with van der Waals surface area (Å²) < 4.78 is 42.2. The van der Waals surface area contributed by atoms with E-state index in [1.807, 2.05) is 0 Å². The van der Waals surface area contributed by atoms with Crippen LogP contribution in [0.3, 0.4) is 0 Å². The summed E-state index contributed by atoms with van der Waals surface area (Å²) in [7, 11) is -3.49. The molecule has 1 aromatic rings. The molecule has 0 radical (unpaired) electrons. The molecule has 0 aromatic heterocycles. The van der Waals surface area contributed by atoms with E-state index in [-0.39, 0.29) is 30.6 Å². The number of amides is 1. The molecule has 122 valence electrons. The molecule has 0 spiro atoms. The second kappa shape index (κ2) is 7.09. The Labute approximate surface area is 129 Å². The third-order valence-electron chi connectivity index (χ3n) is 3.49. The Kier molecular flexibility index (Phi) is 5.39. The first kappa shape index (κ1) is 16.7. The van der Waals surface area contributed by atoms with Crippen LogP contribution in [0, 0.1) is 5.82 Å². The van der Waals surface area contributed by atoms with Crippen molar-refractivity contribution in [3.8, 4) is 5.75 Å². The number of benzene rings is 1. The predicted octanol–water partition coefficient (Wildman–Crippen LogP) is 1.68. The molecule has 1 amide bonds. The number of rotatable bonds is 8. The zero-order chi connectivity index (χ0) is 16.2. The number of ether oxygens (including phenoxy) is 1. The van der Waals surface area contributed by atoms with E-state index in [9.17, 15) is 17.6 Å². The molecule has 1 atom stereocenters. The van der Waals surface area contributed by atoms with E-state index in [1.54, 1.807) is 0 Å². The summed E-state index contributed by atoms with van der Waals surface area (Å²) in [6, 6.07) is 5.66. The van der Waals surface area contributed by atoms with Crippen LogP contribution in [-0.4, -0.2) is 38.0 Å². The Balaban J connectivity index is 1.74. The summed E-state index contributed by atoms with van der Waals surface area (Å²) in [5, 5.41) is 1.65. The van der Waals surface area contributed by atoms with E-state index >= 15 is 0 Å². The van der Waals surface area contributed by atoms with Gasteiger partial charge in [-0.25, -0.2) is 12.8 Å². The molecule has 1 aromatic carbocycles. The van der Waals surface area contributed by atoms with Gasteiger partial charge in [0.1, 0.15) is 16.8 Å². The molecule has 0 bridgehead atoms. The third-order valence-corrected chi connectivity index (χ3v) is 5.64. The van der Waals surface area contributed by atoms with Crippen molar-refractivity contribution >= 4 is 15.7 Å². The maximum atomic E-state index is 12.7. The van der Waals surface area contributed by atoms with Gasteiger partial charge in [0.15, 0.2) is 9.84 Å². The SMILES string of the molecule is C[C@H](C(=O)NC1CC1)S(=O)(=O)CCCOc1ccc(F)cc1. The van der Waals surface area contributed by atoms with Crippen molar-refractivity contribution in [3.05, 3.63) is 30.1 Å². The van der Waals surface area contributed by atoms with E-state index in [4.69, 9.17) is 4.74 Å². The summed E-state index contributed by atoms with van der Waals surface area (Å²) in [4.78, 5) is 11.8. The molecule has 0 aliphatic heterocycles. The molecular weight excluding hydrogens is 309 g/mol. The molecular formula is C15H20FNO4S. The normalized spacial score (nSPS) is 16.1. The first-order chi connectivity index (χ1) is 10.4. The van der Waals surface area contributed by atoms with Gasteiger partial charge in [0, 0.05) is 6.04 Å². The molecule has 2 rings (SSSR count). The number of carbonyl (C=O) groups excluding carboxylic acids is 1. The summed E-state index contributed by atoms with van der Waals surface area (Å²) in [5.41, 5.74) is 0. The molecule has 1 aliphatic rings. The van der Waals surface area contributed by atoms with Crippen LogP contribution in [-0.2, 0) is 14.6 Å². The summed E-state index contributed by atoms with van der Waals surface area (Å²) in [6.45, 7) is 1.61. The first-order valence-electron chi connectivity index (χ1n) is 7.29. The standard InChI is InChI=1S/C15H20FNO4S/c1-11(15(18)17-13-5-6-13)22(19,20)10-2-9-21-14-7-3-12(16)4-8-14/h3-4,7-8,11,13H,2,5-6,9-10H2,1H3,(H,17,18)/t11-/m1/s1. The largest absolute Gasteiger partial charge is 0.494 e. The van der Waals surface area contributed by atoms with Crippen molar-refractivity contribution in [2.75, 3.05) is 12.4 Å². The smallest absolute Gasteiger partial charge is 0.238 e. The third kappa shape index (κ3) is 4.98. The van der Waals surface area contributed by atoms with Gasteiger partial charge in [-0.3, -0.25) is 4.79 Å². The van der Waals surface area contributed by atoms with Gasteiger partial charge in [0.05, 0.1) is 12.4 Å². The van der Waals surface area contributed by atoms with Crippen molar-refractivity contribution in [1.29, 1.82) is 0 Å².